The highest BCUT2D eigenvalue weighted by Crippen LogP contribution is 2.35. The molecule has 0 saturated heterocycles. The number of fused-ring (bicyclic) bond motifs is 1. The summed E-state index contributed by atoms with van der Waals surface area (Å²) >= 11 is 6.20. The first-order valence-electron chi connectivity index (χ1n) is 6.05. The third-order valence-corrected chi connectivity index (χ3v) is 3.34. The maximum Gasteiger partial charge on any atom is 0.141 e. The summed E-state index contributed by atoms with van der Waals surface area (Å²) in [5.41, 5.74) is 7.39. The van der Waals surface area contributed by atoms with Gasteiger partial charge in [0.05, 0.1) is 17.7 Å². The molecule has 0 bridgehead atoms. The van der Waals surface area contributed by atoms with Gasteiger partial charge in [-0.15, -0.1) is 0 Å². The van der Waals surface area contributed by atoms with Crippen LogP contribution in [0.2, 0.25) is 5.02 Å². The zero-order chi connectivity index (χ0) is 12.3. The summed E-state index contributed by atoms with van der Waals surface area (Å²) in [5.74, 6) is 0.785. The monoisotopic (exact) mass is 255 g/mol. The number of halogens is 1. The summed E-state index contributed by atoms with van der Waals surface area (Å²) in [6.45, 7) is 1.18. The van der Waals surface area contributed by atoms with Gasteiger partial charge in [-0.1, -0.05) is 11.6 Å². The zero-order valence-electron chi connectivity index (χ0n) is 9.79. The van der Waals surface area contributed by atoms with Crippen molar-refractivity contribution < 1.29 is 9.84 Å². The predicted octanol–water partition coefficient (Wildman–Crippen LogP) is 2.44. The van der Waals surface area contributed by atoms with Gasteiger partial charge in [-0.2, -0.15) is 0 Å². The van der Waals surface area contributed by atoms with Crippen LogP contribution in [-0.2, 0) is 6.42 Å². The van der Waals surface area contributed by atoms with Crippen molar-refractivity contribution in [3.8, 4) is 5.75 Å². The van der Waals surface area contributed by atoms with Crippen molar-refractivity contribution in [2.45, 2.75) is 31.8 Å². The number of ether oxygens (including phenoxy) is 1. The number of nitrogens with two attached hydrogens (primary N) is 1. The summed E-state index contributed by atoms with van der Waals surface area (Å²) in [7, 11) is 0. The molecule has 0 aromatic heterocycles. The Balaban J connectivity index is 2.31. The Bertz CT molecular complexity index is 395. The van der Waals surface area contributed by atoms with E-state index >= 15 is 0 Å². The van der Waals surface area contributed by atoms with Crippen LogP contribution >= 0.6 is 11.6 Å². The Morgan fingerprint density at radius 3 is 3.00 bits per heavy atom. The number of aliphatic hydroxyl groups is 1. The fourth-order valence-corrected chi connectivity index (χ4v) is 2.43. The molecule has 0 fully saturated rings. The van der Waals surface area contributed by atoms with Gasteiger partial charge in [-0.3, -0.25) is 0 Å². The highest BCUT2D eigenvalue weighted by molar-refractivity contribution is 6.32. The number of aliphatic hydroxyl groups excluding tert-OH is 1. The van der Waals surface area contributed by atoms with E-state index in [2.05, 4.69) is 0 Å². The molecule has 1 aromatic carbocycles. The molecule has 17 heavy (non-hydrogen) atoms. The van der Waals surface area contributed by atoms with Crippen molar-refractivity contribution in [1.29, 1.82) is 0 Å². The molecule has 94 valence electrons. The lowest BCUT2D eigenvalue weighted by Crippen LogP contribution is -2.07. The highest BCUT2D eigenvalue weighted by Gasteiger charge is 2.16. The van der Waals surface area contributed by atoms with Crippen LogP contribution in [0.3, 0.4) is 0 Å². The first kappa shape index (κ1) is 12.7. The van der Waals surface area contributed by atoms with Crippen molar-refractivity contribution in [1.82, 2.24) is 0 Å². The van der Waals surface area contributed by atoms with Crippen molar-refractivity contribution in [2.75, 3.05) is 13.2 Å². The molecule has 0 amide bonds. The molecule has 2 rings (SSSR count). The van der Waals surface area contributed by atoms with E-state index in [0.29, 0.717) is 18.0 Å². The van der Waals surface area contributed by atoms with Gasteiger partial charge in [0.2, 0.25) is 0 Å². The summed E-state index contributed by atoms with van der Waals surface area (Å²) in [4.78, 5) is 0. The van der Waals surface area contributed by atoms with Crippen molar-refractivity contribution in [2.24, 2.45) is 5.73 Å². The first-order valence-corrected chi connectivity index (χ1v) is 6.43. The second-order valence-corrected chi connectivity index (χ2v) is 4.80. The van der Waals surface area contributed by atoms with Crippen molar-refractivity contribution in [3.63, 3.8) is 0 Å². The molecule has 4 heteroatoms. The lowest BCUT2D eigenvalue weighted by atomic mass is 10.0. The molecular weight excluding hydrogens is 238 g/mol. The van der Waals surface area contributed by atoms with E-state index in [0.717, 1.165) is 42.7 Å². The van der Waals surface area contributed by atoms with Crippen molar-refractivity contribution >= 4 is 11.6 Å². The Morgan fingerprint density at radius 1 is 1.41 bits per heavy atom. The highest BCUT2D eigenvalue weighted by atomic mass is 35.5. The Labute approximate surface area is 107 Å². The Hall–Kier alpha value is -0.770. The third-order valence-electron chi connectivity index (χ3n) is 3.05. The average molecular weight is 256 g/mol. The minimum atomic E-state index is -0.536. The summed E-state index contributed by atoms with van der Waals surface area (Å²) < 4.78 is 5.64. The molecule has 1 aliphatic heterocycles. The van der Waals surface area contributed by atoms with Crippen molar-refractivity contribution in [3.05, 3.63) is 28.3 Å². The van der Waals surface area contributed by atoms with Gasteiger partial charge in [0.25, 0.3) is 0 Å². The lowest BCUT2D eigenvalue weighted by molar-refractivity contribution is 0.170. The molecular formula is C13H18ClNO2. The molecule has 1 atom stereocenters. The molecule has 1 heterocycles. The number of aryl methyl sites for hydroxylation is 1. The molecule has 3 N–H and O–H groups in total. The number of hydrogen-bond donors (Lipinski definition) is 2. The van der Waals surface area contributed by atoms with E-state index in [9.17, 15) is 5.11 Å². The van der Waals surface area contributed by atoms with Crippen LogP contribution in [0.1, 0.15) is 36.5 Å². The fraction of sp³-hybridized carbons (Fsp3) is 0.538. The van der Waals surface area contributed by atoms with E-state index in [4.69, 9.17) is 22.1 Å². The van der Waals surface area contributed by atoms with Crippen LogP contribution < -0.4 is 10.5 Å². The molecule has 0 aliphatic carbocycles. The van der Waals surface area contributed by atoms with Gasteiger partial charge >= 0.3 is 0 Å². The molecule has 1 unspecified atom stereocenters. The number of rotatable bonds is 3. The number of hydrogen-bond acceptors (Lipinski definition) is 3. The van der Waals surface area contributed by atoms with Gasteiger partial charge in [-0.25, -0.2) is 0 Å². The number of benzene rings is 1. The third kappa shape index (κ3) is 2.92. The van der Waals surface area contributed by atoms with Gasteiger partial charge < -0.3 is 15.6 Å². The fourth-order valence-electron chi connectivity index (χ4n) is 2.13. The Kier molecular flexibility index (Phi) is 4.26. The summed E-state index contributed by atoms with van der Waals surface area (Å²) in [6, 6.07) is 3.78. The van der Waals surface area contributed by atoms with Crippen LogP contribution in [0, 0.1) is 0 Å². The van der Waals surface area contributed by atoms with E-state index in [-0.39, 0.29) is 0 Å². The second kappa shape index (κ2) is 5.71. The van der Waals surface area contributed by atoms with E-state index in [1.54, 1.807) is 6.07 Å². The second-order valence-electron chi connectivity index (χ2n) is 4.39. The van der Waals surface area contributed by atoms with E-state index < -0.39 is 6.10 Å². The quantitative estimate of drug-likeness (QED) is 0.872. The largest absolute Gasteiger partial charge is 0.492 e. The van der Waals surface area contributed by atoms with Crippen LogP contribution in [0.25, 0.3) is 0 Å². The topological polar surface area (TPSA) is 55.5 Å². The molecule has 1 aliphatic rings. The maximum absolute atomic E-state index is 9.94. The molecule has 1 aromatic rings. The van der Waals surface area contributed by atoms with Crippen LogP contribution in [0.5, 0.6) is 5.75 Å². The molecule has 0 spiro atoms. The molecule has 0 saturated carbocycles. The van der Waals surface area contributed by atoms with Gasteiger partial charge in [0.15, 0.2) is 0 Å². The molecule has 0 radical (unpaired) electrons. The minimum Gasteiger partial charge on any atom is -0.492 e. The predicted molar refractivity (Wildman–Crippen MR) is 68.5 cm³/mol. The summed E-state index contributed by atoms with van der Waals surface area (Å²) in [5, 5.41) is 10.5. The summed E-state index contributed by atoms with van der Waals surface area (Å²) in [6.07, 6.45) is 3.12. The maximum atomic E-state index is 9.94. The smallest absolute Gasteiger partial charge is 0.141 e. The standard InChI is InChI=1S/C13H18ClNO2/c14-11-8-10(12(16)4-5-15)7-9-3-1-2-6-17-13(9)11/h7-8,12,16H,1-6,15H2. The van der Waals surface area contributed by atoms with E-state index in [1.165, 1.54) is 0 Å². The minimum absolute atomic E-state index is 0.465. The SMILES string of the molecule is NCCC(O)c1cc(Cl)c2c(c1)CCCCO2. The van der Waals surface area contributed by atoms with Gasteiger partial charge in [0, 0.05) is 0 Å². The zero-order valence-corrected chi connectivity index (χ0v) is 10.5. The van der Waals surface area contributed by atoms with Crippen LogP contribution in [-0.4, -0.2) is 18.3 Å². The van der Waals surface area contributed by atoms with Gasteiger partial charge in [-0.05, 0) is 55.5 Å². The van der Waals surface area contributed by atoms with Gasteiger partial charge in [0.1, 0.15) is 5.75 Å². The van der Waals surface area contributed by atoms with Crippen LogP contribution in [0.15, 0.2) is 12.1 Å². The average Bonchev–Trinajstić information content (AvgIpc) is 2.54. The lowest BCUT2D eigenvalue weighted by Gasteiger charge is -2.15. The van der Waals surface area contributed by atoms with E-state index in [1.807, 2.05) is 6.07 Å². The first-order chi connectivity index (χ1) is 8.22. The Morgan fingerprint density at radius 2 is 2.24 bits per heavy atom. The van der Waals surface area contributed by atoms with Crippen LogP contribution in [0.4, 0.5) is 0 Å². The molecule has 3 nitrogen and oxygen atoms in total. The normalized spacial score (nSPS) is 16.9.